The zero-order chi connectivity index (χ0) is 20.9. The molecule has 1 N–H and O–H groups in total. The molecule has 2 aromatic carbocycles. The van der Waals surface area contributed by atoms with Crippen molar-refractivity contribution in [1.82, 2.24) is 10.3 Å². The summed E-state index contributed by atoms with van der Waals surface area (Å²) < 4.78 is 5.35. The number of nitrogens with one attached hydrogen (secondary N) is 1. The van der Waals surface area contributed by atoms with Crippen LogP contribution in [0.2, 0.25) is 0 Å². The number of benzene rings is 2. The molecule has 2 aliphatic heterocycles. The Morgan fingerprint density at radius 3 is 2.83 bits per heavy atom. The third kappa shape index (κ3) is 2.61. The van der Waals surface area contributed by atoms with Crippen molar-refractivity contribution in [3.8, 4) is 5.75 Å². The predicted molar refractivity (Wildman–Crippen MR) is 120 cm³/mol. The van der Waals surface area contributed by atoms with Gasteiger partial charge in [-0.2, -0.15) is 0 Å². The summed E-state index contributed by atoms with van der Waals surface area (Å²) in [7, 11) is 1.66. The Morgan fingerprint density at radius 1 is 1.17 bits per heavy atom. The van der Waals surface area contributed by atoms with E-state index in [-0.39, 0.29) is 11.3 Å². The number of aromatic nitrogens is 1. The summed E-state index contributed by atoms with van der Waals surface area (Å²) >= 11 is 0. The van der Waals surface area contributed by atoms with E-state index in [1.165, 1.54) is 11.3 Å². The van der Waals surface area contributed by atoms with Gasteiger partial charge in [0.15, 0.2) is 0 Å². The van der Waals surface area contributed by atoms with Crippen molar-refractivity contribution in [1.29, 1.82) is 0 Å². The fourth-order valence-corrected chi connectivity index (χ4v) is 4.88. The number of carbonyl (C=O) groups is 1. The lowest BCUT2D eigenvalue weighted by Gasteiger charge is -2.49. The van der Waals surface area contributed by atoms with Crippen LogP contribution in [-0.2, 0) is 10.2 Å². The van der Waals surface area contributed by atoms with Gasteiger partial charge in [-0.1, -0.05) is 38.1 Å². The van der Waals surface area contributed by atoms with E-state index < -0.39 is 5.66 Å². The molecule has 0 bridgehead atoms. The zero-order valence-electron chi connectivity index (χ0n) is 17.5. The molecule has 0 unspecified atom stereocenters. The minimum Gasteiger partial charge on any atom is -0.497 e. The lowest BCUT2D eigenvalue weighted by molar-refractivity contribution is -0.124. The number of hydrogen-bond acceptors (Lipinski definition) is 4. The highest BCUT2D eigenvalue weighted by atomic mass is 16.5. The molecule has 5 rings (SSSR count). The number of pyridine rings is 1. The monoisotopic (exact) mass is 399 g/mol. The van der Waals surface area contributed by atoms with E-state index in [4.69, 9.17) is 4.74 Å². The predicted octanol–water partition coefficient (Wildman–Crippen LogP) is 4.27. The van der Waals surface area contributed by atoms with E-state index in [0.717, 1.165) is 22.2 Å². The number of hydrogen-bond donors (Lipinski definition) is 1. The maximum Gasteiger partial charge on any atom is 0.223 e. The summed E-state index contributed by atoms with van der Waals surface area (Å²) in [5.41, 5.74) is 3.44. The first kappa shape index (κ1) is 18.7. The highest BCUT2D eigenvalue weighted by Gasteiger charge is 2.57. The van der Waals surface area contributed by atoms with Gasteiger partial charge in [0.1, 0.15) is 11.4 Å². The van der Waals surface area contributed by atoms with Crippen molar-refractivity contribution in [3.63, 3.8) is 0 Å². The maximum absolute atomic E-state index is 12.5. The van der Waals surface area contributed by atoms with Gasteiger partial charge in [-0.15, -0.1) is 0 Å². The van der Waals surface area contributed by atoms with Crippen molar-refractivity contribution >= 4 is 28.6 Å². The smallest absolute Gasteiger partial charge is 0.223 e. The molecule has 0 saturated carbocycles. The highest BCUT2D eigenvalue weighted by molar-refractivity contribution is 5.85. The lowest BCUT2D eigenvalue weighted by Crippen LogP contribution is -2.68. The third-order valence-corrected chi connectivity index (χ3v) is 6.57. The Labute approximate surface area is 176 Å². The lowest BCUT2D eigenvalue weighted by atomic mass is 9.74. The van der Waals surface area contributed by atoms with E-state index >= 15 is 0 Å². The van der Waals surface area contributed by atoms with E-state index in [1.807, 2.05) is 24.4 Å². The number of fused-ring (bicyclic) bond motifs is 4. The summed E-state index contributed by atoms with van der Waals surface area (Å²) in [6, 6.07) is 16.4. The molecule has 1 fully saturated rings. The van der Waals surface area contributed by atoms with Crippen LogP contribution < -0.4 is 15.0 Å². The zero-order valence-corrected chi connectivity index (χ0v) is 17.5. The molecule has 30 heavy (non-hydrogen) atoms. The van der Waals surface area contributed by atoms with Gasteiger partial charge in [0.2, 0.25) is 5.91 Å². The second-order valence-corrected chi connectivity index (χ2v) is 8.52. The molecule has 1 saturated heterocycles. The second kappa shape index (κ2) is 6.59. The number of para-hydroxylation sites is 1. The third-order valence-electron chi connectivity index (χ3n) is 6.57. The van der Waals surface area contributed by atoms with Gasteiger partial charge in [-0.25, -0.2) is 0 Å². The quantitative estimate of drug-likeness (QED) is 0.715. The largest absolute Gasteiger partial charge is 0.497 e. The highest BCUT2D eigenvalue weighted by Crippen LogP contribution is 2.52. The van der Waals surface area contributed by atoms with Crippen molar-refractivity contribution in [2.75, 3.05) is 18.6 Å². The fraction of sp³-hybridized carbons (Fsp3) is 0.280. The van der Waals surface area contributed by atoms with Gasteiger partial charge in [-0.05, 0) is 47.5 Å². The number of anilines is 1. The van der Waals surface area contributed by atoms with Crippen LogP contribution in [0.3, 0.4) is 0 Å². The van der Waals surface area contributed by atoms with Crippen LogP contribution in [0.15, 0.2) is 60.8 Å². The van der Waals surface area contributed by atoms with Gasteiger partial charge in [0.05, 0.1) is 12.6 Å². The average Bonchev–Trinajstić information content (AvgIpc) is 2.95. The van der Waals surface area contributed by atoms with E-state index in [9.17, 15) is 4.79 Å². The van der Waals surface area contributed by atoms with Crippen molar-refractivity contribution in [2.45, 2.75) is 31.3 Å². The van der Waals surface area contributed by atoms with Gasteiger partial charge >= 0.3 is 0 Å². The standard InChI is InChI=1S/C25H25N3O2/c1-24(2)20-6-4-5-7-22(20)28-13-11-23(29)27-25(24,28)12-10-17-14-18-15-19(30-3)8-9-21(18)26-16-17/h4-10,12,14-16H,11,13H2,1-3H3,(H,27,29)/t25-/m1/s1. The molecule has 0 radical (unpaired) electrons. The number of nitrogens with zero attached hydrogens (tertiary/aromatic N) is 2. The molecule has 3 heterocycles. The Bertz CT molecular complexity index is 1180. The van der Waals surface area contributed by atoms with Crippen molar-refractivity contribution < 1.29 is 9.53 Å². The minimum absolute atomic E-state index is 0.0816. The number of rotatable bonds is 3. The fourth-order valence-electron chi connectivity index (χ4n) is 4.88. The summed E-state index contributed by atoms with van der Waals surface area (Å²) in [4.78, 5) is 19.4. The van der Waals surface area contributed by atoms with Crippen LogP contribution in [0.5, 0.6) is 5.75 Å². The summed E-state index contributed by atoms with van der Waals surface area (Å²) in [6.07, 6.45) is 6.56. The van der Waals surface area contributed by atoms with Crippen molar-refractivity contribution in [2.24, 2.45) is 0 Å². The van der Waals surface area contributed by atoms with Crippen molar-refractivity contribution in [3.05, 3.63) is 71.9 Å². The first-order valence-corrected chi connectivity index (χ1v) is 10.3. The van der Waals surface area contributed by atoms with Gasteiger partial charge < -0.3 is 15.0 Å². The Morgan fingerprint density at radius 2 is 2.00 bits per heavy atom. The number of amides is 1. The van der Waals surface area contributed by atoms with Gasteiger partial charge in [0.25, 0.3) is 0 Å². The topological polar surface area (TPSA) is 54.5 Å². The summed E-state index contributed by atoms with van der Waals surface area (Å²) in [6.45, 7) is 5.10. The normalized spacial score (nSPS) is 22.1. The van der Waals surface area contributed by atoms with Crippen LogP contribution in [0.1, 0.15) is 31.4 Å². The Hall–Kier alpha value is -3.34. The Kier molecular flexibility index (Phi) is 4.10. The van der Waals surface area contributed by atoms with Crippen LogP contribution in [-0.4, -0.2) is 30.2 Å². The number of methoxy groups -OCH3 is 1. The SMILES string of the molecule is COc1ccc2ncc(C=C[C@@]34NC(=O)CCN3c3ccccc3C4(C)C)cc2c1. The average molecular weight is 399 g/mol. The van der Waals surface area contributed by atoms with E-state index in [0.29, 0.717) is 13.0 Å². The first-order valence-electron chi connectivity index (χ1n) is 10.3. The molecule has 5 nitrogen and oxygen atoms in total. The minimum atomic E-state index is -0.616. The van der Waals surface area contributed by atoms with Crippen LogP contribution in [0.4, 0.5) is 5.69 Å². The molecule has 0 spiro atoms. The van der Waals surface area contributed by atoms with Gasteiger partial charge in [0, 0.05) is 35.7 Å². The summed E-state index contributed by atoms with van der Waals surface area (Å²) in [5.74, 6) is 0.889. The summed E-state index contributed by atoms with van der Waals surface area (Å²) in [5, 5.41) is 4.34. The Balaban J connectivity index is 1.60. The molecule has 2 aliphatic rings. The number of ether oxygens (including phenoxy) is 1. The first-order chi connectivity index (χ1) is 14.4. The molecule has 1 amide bonds. The van der Waals surface area contributed by atoms with E-state index in [2.05, 4.69) is 71.5 Å². The molecule has 1 aromatic heterocycles. The van der Waals surface area contributed by atoms with Crippen LogP contribution >= 0.6 is 0 Å². The number of carbonyl (C=O) groups excluding carboxylic acids is 1. The van der Waals surface area contributed by atoms with Crippen LogP contribution in [0.25, 0.3) is 17.0 Å². The van der Waals surface area contributed by atoms with Crippen LogP contribution in [0, 0.1) is 0 Å². The molecular formula is C25H25N3O2. The molecule has 0 aliphatic carbocycles. The van der Waals surface area contributed by atoms with E-state index in [1.54, 1.807) is 7.11 Å². The molecule has 3 aromatic rings. The molecule has 1 atom stereocenters. The molecule has 152 valence electrons. The maximum atomic E-state index is 12.5. The molecule has 5 heteroatoms. The second-order valence-electron chi connectivity index (χ2n) is 8.52. The molecular weight excluding hydrogens is 374 g/mol. The van der Waals surface area contributed by atoms with Gasteiger partial charge in [-0.3, -0.25) is 9.78 Å².